The van der Waals surface area contributed by atoms with Crippen molar-refractivity contribution in [3.63, 3.8) is 0 Å². The first kappa shape index (κ1) is 21.9. The Hall–Kier alpha value is -2.76. The highest BCUT2D eigenvalue weighted by molar-refractivity contribution is 7.80. The Balaban J connectivity index is 1.64. The first-order valence-corrected chi connectivity index (χ1v) is 10.4. The smallest absolute Gasteiger partial charge is 0.161 e. The van der Waals surface area contributed by atoms with Gasteiger partial charge in [-0.25, -0.2) is 0 Å². The number of hydrogen-bond donors (Lipinski definition) is 1. The van der Waals surface area contributed by atoms with Crippen molar-refractivity contribution in [2.45, 2.75) is 20.1 Å². The van der Waals surface area contributed by atoms with Crippen LogP contribution in [0, 0.1) is 0 Å². The second-order valence-electron chi connectivity index (χ2n) is 6.54. The zero-order chi connectivity index (χ0) is 21.3. The second-order valence-corrected chi connectivity index (χ2v) is 7.39. The van der Waals surface area contributed by atoms with Crippen molar-refractivity contribution in [2.75, 3.05) is 13.7 Å². The third-order valence-electron chi connectivity index (χ3n) is 4.43. The van der Waals surface area contributed by atoms with Crippen molar-refractivity contribution in [1.82, 2.24) is 5.32 Å². The molecular formula is C24H24ClNO3S. The van der Waals surface area contributed by atoms with Crippen LogP contribution in [0.15, 0.2) is 66.7 Å². The average molecular weight is 442 g/mol. The third-order valence-corrected chi connectivity index (χ3v) is 5.06. The van der Waals surface area contributed by atoms with Gasteiger partial charge >= 0.3 is 0 Å². The fraction of sp³-hybridized carbons (Fsp3) is 0.208. The molecule has 0 saturated heterocycles. The fourth-order valence-corrected chi connectivity index (χ4v) is 3.13. The summed E-state index contributed by atoms with van der Waals surface area (Å²) in [4.78, 5) is 0.649. The third kappa shape index (κ3) is 6.12. The minimum atomic E-state index is 0.427. The lowest BCUT2D eigenvalue weighted by Crippen LogP contribution is -2.21. The van der Waals surface area contributed by atoms with Gasteiger partial charge in [-0.2, -0.15) is 0 Å². The van der Waals surface area contributed by atoms with Crippen LogP contribution in [0.3, 0.4) is 0 Å². The van der Waals surface area contributed by atoms with E-state index in [0.29, 0.717) is 41.3 Å². The largest absolute Gasteiger partial charge is 0.497 e. The lowest BCUT2D eigenvalue weighted by Gasteiger charge is -2.15. The van der Waals surface area contributed by atoms with Crippen molar-refractivity contribution in [3.8, 4) is 17.2 Å². The molecule has 0 heterocycles. The molecule has 0 unspecified atom stereocenters. The second kappa shape index (κ2) is 10.9. The Morgan fingerprint density at radius 1 is 0.900 bits per heavy atom. The predicted octanol–water partition coefficient (Wildman–Crippen LogP) is 5.79. The van der Waals surface area contributed by atoms with E-state index in [0.717, 1.165) is 22.4 Å². The summed E-state index contributed by atoms with van der Waals surface area (Å²) < 4.78 is 16.9. The van der Waals surface area contributed by atoms with E-state index in [9.17, 15) is 0 Å². The van der Waals surface area contributed by atoms with Gasteiger partial charge in [0.1, 0.15) is 17.3 Å². The van der Waals surface area contributed by atoms with Gasteiger partial charge in [0, 0.05) is 17.1 Å². The first-order chi connectivity index (χ1) is 14.6. The Kier molecular flexibility index (Phi) is 7.94. The van der Waals surface area contributed by atoms with Gasteiger partial charge in [0.05, 0.1) is 13.7 Å². The number of benzene rings is 3. The summed E-state index contributed by atoms with van der Waals surface area (Å²) in [5.41, 5.74) is 3.02. The van der Waals surface area contributed by atoms with Gasteiger partial charge in [0.15, 0.2) is 11.5 Å². The summed E-state index contributed by atoms with van der Waals surface area (Å²) >= 11 is 11.5. The summed E-state index contributed by atoms with van der Waals surface area (Å²) in [6.45, 7) is 3.53. The molecule has 6 heteroatoms. The molecule has 0 aliphatic rings. The molecule has 0 aliphatic carbocycles. The van der Waals surface area contributed by atoms with Crippen LogP contribution >= 0.6 is 23.8 Å². The predicted molar refractivity (Wildman–Crippen MR) is 125 cm³/mol. The van der Waals surface area contributed by atoms with Crippen LogP contribution in [0.4, 0.5) is 0 Å². The lowest BCUT2D eigenvalue weighted by atomic mass is 10.1. The van der Waals surface area contributed by atoms with Crippen LogP contribution in [0.1, 0.15) is 23.6 Å². The molecule has 0 spiro atoms. The molecule has 30 heavy (non-hydrogen) atoms. The maximum Gasteiger partial charge on any atom is 0.161 e. The molecular weight excluding hydrogens is 418 g/mol. The number of ether oxygens (including phenoxy) is 3. The van der Waals surface area contributed by atoms with Crippen LogP contribution in [0.2, 0.25) is 5.02 Å². The normalized spacial score (nSPS) is 10.4. The van der Waals surface area contributed by atoms with Crippen LogP contribution in [0.25, 0.3) is 0 Å². The van der Waals surface area contributed by atoms with E-state index < -0.39 is 0 Å². The monoisotopic (exact) mass is 441 g/mol. The molecule has 0 radical (unpaired) electrons. The standard InChI is InChI=1S/C24H24ClNO3S/c1-3-28-23-14-19(24(30)26-15-17-6-11-21(27-2)12-7-17)8-13-22(23)29-16-18-4-9-20(25)10-5-18/h4-14H,3,15-16H2,1-2H3,(H,26,30). The van der Waals surface area contributed by atoms with E-state index in [1.807, 2.05) is 73.7 Å². The highest BCUT2D eigenvalue weighted by Gasteiger charge is 2.10. The van der Waals surface area contributed by atoms with Crippen LogP contribution in [0.5, 0.6) is 17.2 Å². The maximum absolute atomic E-state index is 5.96. The number of halogens is 1. The summed E-state index contributed by atoms with van der Waals surface area (Å²) in [5.74, 6) is 2.17. The minimum Gasteiger partial charge on any atom is -0.497 e. The molecule has 0 saturated carbocycles. The molecule has 1 N–H and O–H groups in total. The maximum atomic E-state index is 5.96. The number of thiocarbonyl (C=S) groups is 1. The molecule has 3 aromatic rings. The molecule has 3 aromatic carbocycles. The quantitative estimate of drug-likeness (QED) is 0.425. The van der Waals surface area contributed by atoms with Gasteiger partial charge < -0.3 is 19.5 Å². The van der Waals surface area contributed by atoms with E-state index in [4.69, 9.17) is 38.0 Å². The molecule has 156 valence electrons. The van der Waals surface area contributed by atoms with E-state index in [1.54, 1.807) is 7.11 Å². The van der Waals surface area contributed by atoms with Crippen molar-refractivity contribution < 1.29 is 14.2 Å². The van der Waals surface area contributed by atoms with E-state index in [1.165, 1.54) is 0 Å². The minimum absolute atomic E-state index is 0.427. The number of methoxy groups -OCH3 is 1. The van der Waals surface area contributed by atoms with Crippen molar-refractivity contribution in [1.29, 1.82) is 0 Å². The molecule has 0 atom stereocenters. The van der Waals surface area contributed by atoms with Gasteiger partial charge in [-0.05, 0) is 60.5 Å². The van der Waals surface area contributed by atoms with Crippen LogP contribution in [-0.2, 0) is 13.2 Å². The lowest BCUT2D eigenvalue weighted by molar-refractivity contribution is 0.269. The highest BCUT2D eigenvalue weighted by Crippen LogP contribution is 2.29. The van der Waals surface area contributed by atoms with Crippen molar-refractivity contribution in [3.05, 3.63) is 88.4 Å². The zero-order valence-corrected chi connectivity index (χ0v) is 18.6. The van der Waals surface area contributed by atoms with Gasteiger partial charge in [0.25, 0.3) is 0 Å². The molecule has 4 nitrogen and oxygen atoms in total. The number of rotatable bonds is 9. The molecule has 0 aliphatic heterocycles. The van der Waals surface area contributed by atoms with Crippen LogP contribution in [-0.4, -0.2) is 18.7 Å². The first-order valence-electron chi connectivity index (χ1n) is 9.64. The van der Waals surface area contributed by atoms with Crippen LogP contribution < -0.4 is 19.5 Å². The van der Waals surface area contributed by atoms with Gasteiger partial charge in [-0.3, -0.25) is 0 Å². The molecule has 0 bridgehead atoms. The number of nitrogens with one attached hydrogen (secondary N) is 1. The molecule has 0 amide bonds. The Bertz CT molecular complexity index is 975. The Labute approximate surface area is 187 Å². The average Bonchev–Trinajstić information content (AvgIpc) is 2.78. The zero-order valence-electron chi connectivity index (χ0n) is 17.0. The molecule has 0 fully saturated rings. The molecule has 0 aromatic heterocycles. The fourth-order valence-electron chi connectivity index (χ4n) is 2.81. The van der Waals surface area contributed by atoms with Gasteiger partial charge in [0.2, 0.25) is 0 Å². The SMILES string of the molecule is CCOc1cc(C(=S)NCc2ccc(OC)cc2)ccc1OCc1ccc(Cl)cc1. The topological polar surface area (TPSA) is 39.7 Å². The number of hydrogen-bond acceptors (Lipinski definition) is 4. The van der Waals surface area contributed by atoms with Gasteiger partial charge in [-0.15, -0.1) is 0 Å². The Morgan fingerprint density at radius 2 is 1.60 bits per heavy atom. The summed E-state index contributed by atoms with van der Waals surface area (Å²) in [6, 6.07) is 21.2. The van der Waals surface area contributed by atoms with Crippen molar-refractivity contribution >= 4 is 28.8 Å². The highest BCUT2D eigenvalue weighted by atomic mass is 35.5. The molecule has 3 rings (SSSR count). The summed E-state index contributed by atoms with van der Waals surface area (Å²) in [7, 11) is 1.65. The van der Waals surface area contributed by atoms with E-state index in [-0.39, 0.29) is 0 Å². The van der Waals surface area contributed by atoms with E-state index in [2.05, 4.69) is 5.32 Å². The van der Waals surface area contributed by atoms with E-state index >= 15 is 0 Å². The Morgan fingerprint density at radius 3 is 2.27 bits per heavy atom. The summed E-state index contributed by atoms with van der Waals surface area (Å²) in [6.07, 6.45) is 0. The van der Waals surface area contributed by atoms with Crippen molar-refractivity contribution in [2.24, 2.45) is 0 Å². The summed E-state index contributed by atoms with van der Waals surface area (Å²) in [5, 5.41) is 3.99. The van der Waals surface area contributed by atoms with Gasteiger partial charge in [-0.1, -0.05) is 48.1 Å².